The molecule has 0 radical (unpaired) electrons. The van der Waals surface area contributed by atoms with Crippen molar-refractivity contribution in [3.05, 3.63) is 48.6 Å². The van der Waals surface area contributed by atoms with Crippen LogP contribution >= 0.6 is 0 Å². The van der Waals surface area contributed by atoms with Crippen LogP contribution < -0.4 is 0 Å². The Hall–Kier alpha value is -1.61. The molecular formula is C16H22NO2+. The number of rotatable bonds is 5. The number of likely N-dealkylation sites (tertiary alicyclic amines) is 1. The maximum absolute atomic E-state index is 12.0. The minimum Gasteiger partial charge on any atom is -0.465 e. The van der Waals surface area contributed by atoms with Crippen LogP contribution in [0.25, 0.3) is 0 Å². The molecule has 102 valence electrons. The minimum atomic E-state index is -0.0877. The van der Waals surface area contributed by atoms with Crippen molar-refractivity contribution in [3.8, 4) is 0 Å². The standard InChI is InChI=1S/C16H22NO2/c1-3-11-17(13-14-8-5-4-6-9-14)12-7-10-15(17)16(18)19-2/h3-6,8-9,15H,1,7,10-13H2,2H3/q+1/t15-,17-/m0/s1. The van der Waals surface area contributed by atoms with Gasteiger partial charge in [-0.3, -0.25) is 0 Å². The Labute approximate surface area is 115 Å². The third-order valence-corrected chi connectivity index (χ3v) is 4.05. The lowest BCUT2D eigenvalue weighted by Crippen LogP contribution is -2.54. The van der Waals surface area contributed by atoms with Gasteiger partial charge in [-0.05, 0) is 6.08 Å². The van der Waals surface area contributed by atoms with Gasteiger partial charge in [0.25, 0.3) is 0 Å². The number of hydrogen-bond acceptors (Lipinski definition) is 2. The summed E-state index contributed by atoms with van der Waals surface area (Å²) in [4.78, 5) is 12.0. The molecule has 0 N–H and O–H groups in total. The Morgan fingerprint density at radius 2 is 2.21 bits per heavy atom. The van der Waals surface area contributed by atoms with Crippen molar-refractivity contribution < 1.29 is 14.0 Å². The van der Waals surface area contributed by atoms with Gasteiger partial charge in [-0.15, -0.1) is 0 Å². The number of ether oxygens (including phenoxy) is 1. The summed E-state index contributed by atoms with van der Waals surface area (Å²) < 4.78 is 5.73. The molecule has 0 spiro atoms. The summed E-state index contributed by atoms with van der Waals surface area (Å²) in [5, 5.41) is 0. The number of nitrogens with zero attached hydrogens (tertiary/aromatic N) is 1. The lowest BCUT2D eigenvalue weighted by atomic mass is 10.1. The summed E-state index contributed by atoms with van der Waals surface area (Å²) in [7, 11) is 1.48. The molecule has 1 saturated heterocycles. The fourth-order valence-electron chi connectivity index (χ4n) is 3.18. The topological polar surface area (TPSA) is 26.3 Å². The quantitative estimate of drug-likeness (QED) is 0.462. The molecule has 0 aliphatic carbocycles. The molecular weight excluding hydrogens is 238 g/mol. The predicted octanol–water partition coefficient (Wildman–Crippen LogP) is 2.52. The van der Waals surface area contributed by atoms with E-state index in [9.17, 15) is 4.79 Å². The number of carbonyl (C=O) groups is 1. The number of methoxy groups -OCH3 is 1. The third-order valence-electron chi connectivity index (χ3n) is 4.05. The van der Waals surface area contributed by atoms with Crippen LogP contribution in [0.1, 0.15) is 18.4 Å². The van der Waals surface area contributed by atoms with Crippen LogP contribution in [0.3, 0.4) is 0 Å². The summed E-state index contributed by atoms with van der Waals surface area (Å²) in [6, 6.07) is 10.3. The Kier molecular flexibility index (Phi) is 4.38. The van der Waals surface area contributed by atoms with Crippen LogP contribution in [0.5, 0.6) is 0 Å². The molecule has 1 heterocycles. The lowest BCUT2D eigenvalue weighted by Gasteiger charge is -2.38. The van der Waals surface area contributed by atoms with Gasteiger partial charge in [-0.2, -0.15) is 0 Å². The van der Waals surface area contributed by atoms with Gasteiger partial charge >= 0.3 is 5.97 Å². The highest BCUT2D eigenvalue weighted by Gasteiger charge is 2.46. The van der Waals surface area contributed by atoms with Crippen molar-refractivity contribution in [1.29, 1.82) is 0 Å². The summed E-state index contributed by atoms with van der Waals surface area (Å²) in [5.74, 6) is -0.0877. The molecule has 0 aromatic heterocycles. The maximum Gasteiger partial charge on any atom is 0.364 e. The normalized spacial score (nSPS) is 26.1. The monoisotopic (exact) mass is 260 g/mol. The number of carbonyl (C=O) groups excluding carboxylic acids is 1. The molecule has 1 aromatic rings. The molecule has 1 aliphatic rings. The second-order valence-corrected chi connectivity index (χ2v) is 5.24. The number of esters is 1. The van der Waals surface area contributed by atoms with Crippen molar-refractivity contribution >= 4 is 5.97 Å². The van der Waals surface area contributed by atoms with Gasteiger partial charge in [0.1, 0.15) is 6.54 Å². The molecule has 3 heteroatoms. The van der Waals surface area contributed by atoms with Gasteiger partial charge in [0.15, 0.2) is 6.04 Å². The zero-order chi connectivity index (χ0) is 13.7. The first-order valence-electron chi connectivity index (χ1n) is 6.80. The van der Waals surface area contributed by atoms with Gasteiger partial charge in [0.05, 0.1) is 20.2 Å². The van der Waals surface area contributed by atoms with E-state index >= 15 is 0 Å². The molecule has 1 fully saturated rings. The van der Waals surface area contributed by atoms with E-state index in [-0.39, 0.29) is 12.0 Å². The fourth-order valence-corrected chi connectivity index (χ4v) is 3.18. The fraction of sp³-hybridized carbons (Fsp3) is 0.438. The first kappa shape index (κ1) is 13.8. The maximum atomic E-state index is 12.0. The zero-order valence-corrected chi connectivity index (χ0v) is 11.5. The van der Waals surface area contributed by atoms with E-state index in [0.717, 1.165) is 37.0 Å². The highest BCUT2D eigenvalue weighted by Crippen LogP contribution is 2.30. The molecule has 1 aromatic carbocycles. The van der Waals surface area contributed by atoms with E-state index in [0.29, 0.717) is 0 Å². The highest BCUT2D eigenvalue weighted by atomic mass is 16.5. The first-order chi connectivity index (χ1) is 9.22. The van der Waals surface area contributed by atoms with Crippen molar-refractivity contribution in [2.45, 2.75) is 25.4 Å². The van der Waals surface area contributed by atoms with Crippen LogP contribution in [-0.4, -0.2) is 36.7 Å². The minimum absolute atomic E-state index is 0.0526. The Balaban J connectivity index is 2.26. The molecule has 0 bridgehead atoms. The van der Waals surface area contributed by atoms with Crippen molar-refractivity contribution in [2.24, 2.45) is 0 Å². The molecule has 2 rings (SSSR count). The van der Waals surface area contributed by atoms with E-state index in [2.05, 4.69) is 18.7 Å². The van der Waals surface area contributed by atoms with Gasteiger partial charge in [0.2, 0.25) is 0 Å². The molecule has 3 nitrogen and oxygen atoms in total. The van der Waals surface area contributed by atoms with E-state index in [1.807, 2.05) is 24.3 Å². The van der Waals surface area contributed by atoms with Gasteiger partial charge in [-0.25, -0.2) is 4.79 Å². The smallest absolute Gasteiger partial charge is 0.364 e. The molecule has 2 atom stereocenters. The van der Waals surface area contributed by atoms with Crippen LogP contribution in [-0.2, 0) is 16.1 Å². The van der Waals surface area contributed by atoms with E-state index in [1.165, 1.54) is 12.7 Å². The number of quaternary nitrogens is 1. The largest absolute Gasteiger partial charge is 0.465 e. The van der Waals surface area contributed by atoms with Crippen molar-refractivity contribution in [1.82, 2.24) is 0 Å². The predicted molar refractivity (Wildman–Crippen MR) is 75.4 cm³/mol. The molecule has 0 amide bonds. The van der Waals surface area contributed by atoms with Gasteiger partial charge in [-0.1, -0.05) is 36.9 Å². The van der Waals surface area contributed by atoms with Gasteiger partial charge in [0, 0.05) is 18.4 Å². The van der Waals surface area contributed by atoms with Crippen LogP contribution in [0, 0.1) is 0 Å². The Morgan fingerprint density at radius 3 is 2.84 bits per heavy atom. The summed E-state index contributed by atoms with van der Waals surface area (Å²) in [6.45, 7) is 6.56. The first-order valence-corrected chi connectivity index (χ1v) is 6.80. The lowest BCUT2D eigenvalue weighted by molar-refractivity contribution is -0.939. The second kappa shape index (κ2) is 6.02. The van der Waals surface area contributed by atoms with Gasteiger partial charge < -0.3 is 9.22 Å². The van der Waals surface area contributed by atoms with E-state index in [4.69, 9.17) is 4.74 Å². The summed E-state index contributed by atoms with van der Waals surface area (Å²) in [6.07, 6.45) is 3.90. The molecule has 0 saturated carbocycles. The summed E-state index contributed by atoms with van der Waals surface area (Å²) >= 11 is 0. The SMILES string of the molecule is C=CC[N@@+]1(Cc2ccccc2)CCC[C@H]1C(=O)OC. The highest BCUT2D eigenvalue weighted by molar-refractivity contribution is 5.74. The van der Waals surface area contributed by atoms with E-state index in [1.54, 1.807) is 0 Å². The molecule has 19 heavy (non-hydrogen) atoms. The number of benzene rings is 1. The molecule has 1 aliphatic heterocycles. The average molecular weight is 260 g/mol. The van der Waals surface area contributed by atoms with Crippen LogP contribution in [0.2, 0.25) is 0 Å². The molecule has 0 unspecified atom stereocenters. The number of hydrogen-bond donors (Lipinski definition) is 0. The van der Waals surface area contributed by atoms with Crippen molar-refractivity contribution in [2.75, 3.05) is 20.2 Å². The second-order valence-electron chi connectivity index (χ2n) is 5.24. The Bertz CT molecular complexity index is 443. The summed E-state index contributed by atoms with van der Waals surface area (Å²) in [5.41, 5.74) is 1.26. The third kappa shape index (κ3) is 2.87. The van der Waals surface area contributed by atoms with Crippen LogP contribution in [0.4, 0.5) is 0 Å². The average Bonchev–Trinajstić information content (AvgIpc) is 2.83. The van der Waals surface area contributed by atoms with E-state index < -0.39 is 0 Å². The Morgan fingerprint density at radius 1 is 1.47 bits per heavy atom. The van der Waals surface area contributed by atoms with Crippen molar-refractivity contribution in [3.63, 3.8) is 0 Å². The van der Waals surface area contributed by atoms with Crippen LogP contribution in [0.15, 0.2) is 43.0 Å². The zero-order valence-electron chi connectivity index (χ0n) is 11.5.